The summed E-state index contributed by atoms with van der Waals surface area (Å²) in [6.07, 6.45) is 0.832. The lowest BCUT2D eigenvalue weighted by molar-refractivity contribution is -0.385. The summed E-state index contributed by atoms with van der Waals surface area (Å²) in [4.78, 5) is 22.1. The molecule has 0 atom stereocenters. The van der Waals surface area contributed by atoms with Crippen molar-refractivity contribution in [2.75, 3.05) is 18.1 Å². The van der Waals surface area contributed by atoms with Crippen molar-refractivity contribution in [1.82, 2.24) is 5.32 Å². The van der Waals surface area contributed by atoms with E-state index in [-0.39, 0.29) is 16.3 Å². The van der Waals surface area contributed by atoms with Crippen molar-refractivity contribution in [2.24, 2.45) is 0 Å². The maximum atomic E-state index is 11.9. The quantitative estimate of drug-likeness (QED) is 0.477. The summed E-state index contributed by atoms with van der Waals surface area (Å²) in [5, 5.41) is 13.5. The molecule has 1 N–H and O–H groups in total. The topological polar surface area (TPSA) is 72.2 Å². The van der Waals surface area contributed by atoms with Crippen LogP contribution in [0.2, 0.25) is 5.02 Å². The molecule has 1 amide bonds. The zero-order chi connectivity index (χ0) is 14.3. The SMILES string of the molecule is CCSCCCNC(=O)c1cccc(Cl)c1[N+](=O)[O-]. The van der Waals surface area contributed by atoms with Crippen molar-refractivity contribution < 1.29 is 9.72 Å². The van der Waals surface area contributed by atoms with Crippen molar-refractivity contribution in [2.45, 2.75) is 13.3 Å². The van der Waals surface area contributed by atoms with Gasteiger partial charge in [-0.2, -0.15) is 11.8 Å². The zero-order valence-electron chi connectivity index (χ0n) is 10.5. The largest absolute Gasteiger partial charge is 0.352 e. The van der Waals surface area contributed by atoms with Gasteiger partial charge in [0, 0.05) is 6.54 Å². The van der Waals surface area contributed by atoms with Crippen molar-refractivity contribution in [3.8, 4) is 0 Å². The molecule has 0 radical (unpaired) electrons. The van der Waals surface area contributed by atoms with E-state index >= 15 is 0 Å². The highest BCUT2D eigenvalue weighted by Gasteiger charge is 2.23. The number of amides is 1. The van der Waals surface area contributed by atoms with E-state index in [0.717, 1.165) is 17.9 Å². The minimum Gasteiger partial charge on any atom is -0.352 e. The molecule has 0 heterocycles. The number of para-hydroxylation sites is 1. The minimum absolute atomic E-state index is 0.000597. The fourth-order valence-electron chi connectivity index (χ4n) is 1.50. The monoisotopic (exact) mass is 302 g/mol. The Bertz CT molecular complexity index is 468. The highest BCUT2D eigenvalue weighted by molar-refractivity contribution is 7.99. The molecule has 104 valence electrons. The lowest BCUT2D eigenvalue weighted by Crippen LogP contribution is -2.25. The first-order valence-electron chi connectivity index (χ1n) is 5.86. The normalized spacial score (nSPS) is 10.2. The van der Waals surface area contributed by atoms with E-state index in [1.54, 1.807) is 11.8 Å². The molecule has 1 aromatic carbocycles. The number of halogens is 1. The molecule has 5 nitrogen and oxygen atoms in total. The van der Waals surface area contributed by atoms with Crippen LogP contribution in [-0.2, 0) is 0 Å². The van der Waals surface area contributed by atoms with E-state index in [2.05, 4.69) is 12.2 Å². The van der Waals surface area contributed by atoms with Gasteiger partial charge in [-0.1, -0.05) is 24.6 Å². The van der Waals surface area contributed by atoms with Gasteiger partial charge >= 0.3 is 5.69 Å². The summed E-state index contributed by atoms with van der Waals surface area (Å²) in [5.74, 6) is 1.53. The highest BCUT2D eigenvalue weighted by atomic mass is 35.5. The number of nitrogens with one attached hydrogen (secondary N) is 1. The summed E-state index contributed by atoms with van der Waals surface area (Å²) >= 11 is 7.53. The second-order valence-electron chi connectivity index (χ2n) is 3.70. The smallest absolute Gasteiger partial charge is 0.300 e. The van der Waals surface area contributed by atoms with Crippen LogP contribution in [0, 0.1) is 10.1 Å². The molecule has 0 bridgehead atoms. The Morgan fingerprint density at radius 3 is 2.89 bits per heavy atom. The van der Waals surface area contributed by atoms with E-state index in [0.29, 0.717) is 6.54 Å². The molecule has 0 spiro atoms. The van der Waals surface area contributed by atoms with E-state index in [1.807, 2.05) is 0 Å². The van der Waals surface area contributed by atoms with Crippen LogP contribution < -0.4 is 5.32 Å². The van der Waals surface area contributed by atoms with Crippen molar-refractivity contribution in [1.29, 1.82) is 0 Å². The van der Waals surface area contributed by atoms with Gasteiger partial charge in [0.15, 0.2) is 0 Å². The lowest BCUT2D eigenvalue weighted by Gasteiger charge is -2.06. The molecule has 0 aromatic heterocycles. The Kier molecular flexibility index (Phi) is 6.66. The third-order valence-electron chi connectivity index (χ3n) is 2.37. The molecule has 0 aliphatic heterocycles. The average molecular weight is 303 g/mol. The fraction of sp³-hybridized carbons (Fsp3) is 0.417. The van der Waals surface area contributed by atoms with Gasteiger partial charge in [-0.25, -0.2) is 0 Å². The second-order valence-corrected chi connectivity index (χ2v) is 5.50. The van der Waals surface area contributed by atoms with Gasteiger partial charge in [-0.05, 0) is 30.1 Å². The number of hydrogen-bond donors (Lipinski definition) is 1. The van der Waals surface area contributed by atoms with E-state index < -0.39 is 10.8 Å². The number of carbonyl (C=O) groups is 1. The van der Waals surface area contributed by atoms with Gasteiger partial charge < -0.3 is 5.32 Å². The van der Waals surface area contributed by atoms with Crippen molar-refractivity contribution >= 4 is 35.0 Å². The highest BCUT2D eigenvalue weighted by Crippen LogP contribution is 2.27. The van der Waals surface area contributed by atoms with Crippen LogP contribution in [-0.4, -0.2) is 28.9 Å². The first kappa shape index (κ1) is 15.8. The molecule has 0 fully saturated rings. The van der Waals surface area contributed by atoms with E-state index in [9.17, 15) is 14.9 Å². The second kappa shape index (κ2) is 8.01. The van der Waals surface area contributed by atoms with Crippen LogP contribution in [0.5, 0.6) is 0 Å². The molecule has 1 aromatic rings. The molecule has 0 unspecified atom stereocenters. The van der Waals surface area contributed by atoms with Crippen LogP contribution in [0.15, 0.2) is 18.2 Å². The fourth-order valence-corrected chi connectivity index (χ4v) is 2.38. The third kappa shape index (κ3) is 4.72. The number of nitro groups is 1. The molecule has 0 aliphatic rings. The molecule has 19 heavy (non-hydrogen) atoms. The Balaban J connectivity index is 2.67. The summed E-state index contributed by atoms with van der Waals surface area (Å²) in [6.45, 7) is 2.56. The molecule has 7 heteroatoms. The standard InChI is InChI=1S/C12H15ClN2O3S/c1-2-19-8-4-7-14-12(16)9-5-3-6-10(13)11(9)15(17)18/h3,5-6H,2,4,7-8H2,1H3,(H,14,16). The first-order valence-corrected chi connectivity index (χ1v) is 7.40. The van der Waals surface area contributed by atoms with Crippen molar-refractivity contribution in [3.63, 3.8) is 0 Å². The molecule has 0 saturated carbocycles. The average Bonchev–Trinajstić information content (AvgIpc) is 2.37. The third-order valence-corrected chi connectivity index (χ3v) is 3.66. The van der Waals surface area contributed by atoms with E-state index in [1.165, 1.54) is 18.2 Å². The molecular formula is C12H15ClN2O3S. The summed E-state index contributed by atoms with van der Waals surface area (Å²) in [5.41, 5.74) is -0.342. The van der Waals surface area contributed by atoms with Gasteiger partial charge in [0.1, 0.15) is 10.6 Å². The maximum absolute atomic E-state index is 11.9. The molecule has 0 saturated heterocycles. The predicted molar refractivity (Wildman–Crippen MR) is 78.1 cm³/mol. The van der Waals surface area contributed by atoms with Gasteiger partial charge in [0.05, 0.1) is 4.92 Å². The molecular weight excluding hydrogens is 288 g/mol. The van der Waals surface area contributed by atoms with Gasteiger partial charge in [-0.15, -0.1) is 0 Å². The minimum atomic E-state index is -0.635. The van der Waals surface area contributed by atoms with Crippen molar-refractivity contribution in [3.05, 3.63) is 38.9 Å². The zero-order valence-corrected chi connectivity index (χ0v) is 12.1. The van der Waals surface area contributed by atoms with Gasteiger partial charge in [0.25, 0.3) is 5.91 Å². The lowest BCUT2D eigenvalue weighted by atomic mass is 10.1. The first-order chi connectivity index (χ1) is 9.07. The number of benzene rings is 1. The number of carbonyl (C=O) groups excluding carboxylic acids is 1. The predicted octanol–water partition coefficient (Wildman–Crippen LogP) is 3.12. The van der Waals surface area contributed by atoms with Crippen LogP contribution in [0.4, 0.5) is 5.69 Å². The van der Waals surface area contributed by atoms with Gasteiger partial charge in [0.2, 0.25) is 0 Å². The van der Waals surface area contributed by atoms with Gasteiger partial charge in [-0.3, -0.25) is 14.9 Å². The molecule has 0 aliphatic carbocycles. The van der Waals surface area contributed by atoms with E-state index in [4.69, 9.17) is 11.6 Å². The number of nitro benzene ring substituents is 1. The van der Waals surface area contributed by atoms with Crippen LogP contribution >= 0.6 is 23.4 Å². The van der Waals surface area contributed by atoms with Crippen LogP contribution in [0.3, 0.4) is 0 Å². The number of nitrogens with zero attached hydrogens (tertiary/aromatic N) is 1. The molecule has 1 rings (SSSR count). The number of thioether (sulfide) groups is 1. The summed E-state index contributed by atoms with van der Waals surface area (Å²) in [6, 6.07) is 4.33. The number of rotatable bonds is 7. The number of hydrogen-bond acceptors (Lipinski definition) is 4. The Morgan fingerprint density at radius 1 is 1.53 bits per heavy atom. The Hall–Kier alpha value is -1.27. The summed E-state index contributed by atoms with van der Waals surface area (Å²) < 4.78 is 0. The maximum Gasteiger partial charge on any atom is 0.300 e. The Labute approximate surface area is 120 Å². The van der Waals surface area contributed by atoms with Crippen LogP contribution in [0.25, 0.3) is 0 Å². The van der Waals surface area contributed by atoms with Crippen LogP contribution in [0.1, 0.15) is 23.7 Å². The summed E-state index contributed by atoms with van der Waals surface area (Å²) in [7, 11) is 0. The Morgan fingerprint density at radius 2 is 2.26 bits per heavy atom.